The van der Waals surface area contributed by atoms with Crippen molar-refractivity contribution in [3.8, 4) is 0 Å². The van der Waals surface area contributed by atoms with E-state index in [1.165, 1.54) is 0 Å². The van der Waals surface area contributed by atoms with Crippen molar-refractivity contribution in [1.82, 2.24) is 0 Å². The molecule has 12 unspecified atom stereocenters. The summed E-state index contributed by atoms with van der Waals surface area (Å²) < 4.78 is 20.1. The Morgan fingerprint density at radius 3 is 2.62 bits per heavy atom. The molecule has 1 spiro atoms. The molecule has 4 aliphatic carbocycles. The summed E-state index contributed by atoms with van der Waals surface area (Å²) in [6.45, 7) is 10.4. The monoisotopic (exact) mass is 448 g/mol. The van der Waals surface area contributed by atoms with Gasteiger partial charge in [0.1, 0.15) is 23.4 Å². The van der Waals surface area contributed by atoms with Crippen LogP contribution in [0.2, 0.25) is 0 Å². The maximum atomic E-state index is 13.1. The molecule has 6 heteroatoms. The zero-order chi connectivity index (χ0) is 22.9. The quantitative estimate of drug-likeness (QED) is 0.507. The number of aliphatic hydroxyl groups is 2. The standard InChI is InChI=1S/C26H40O6/c1-6-14(2)21(28)30-20-18-19-22(3)10-8-16(27)13-15(22)7-11-25(19)26(29)12-9-17(23(20,26)4)24(5,31-18)32-25/h14-20,27,29H,6-13H2,1-5H3. The van der Waals surface area contributed by atoms with Crippen LogP contribution >= 0.6 is 0 Å². The number of carbonyl (C=O) groups excluding carboxylic acids is 1. The van der Waals surface area contributed by atoms with E-state index in [1.807, 2.05) is 13.8 Å². The summed E-state index contributed by atoms with van der Waals surface area (Å²) in [5.41, 5.74) is -2.43. The Labute approximate surface area is 191 Å². The summed E-state index contributed by atoms with van der Waals surface area (Å²) in [6.07, 6.45) is 5.37. The topological polar surface area (TPSA) is 85.2 Å². The van der Waals surface area contributed by atoms with E-state index in [4.69, 9.17) is 14.2 Å². The van der Waals surface area contributed by atoms with Crippen LogP contribution in [0, 0.1) is 34.5 Å². The van der Waals surface area contributed by atoms with Crippen LogP contribution in [0.4, 0.5) is 0 Å². The van der Waals surface area contributed by atoms with Crippen molar-refractivity contribution in [2.45, 2.75) is 121 Å². The maximum absolute atomic E-state index is 13.1. The van der Waals surface area contributed by atoms with E-state index in [1.54, 1.807) is 0 Å². The molecule has 3 saturated heterocycles. The van der Waals surface area contributed by atoms with Crippen molar-refractivity contribution in [2.24, 2.45) is 34.5 Å². The third-order valence-corrected chi connectivity index (χ3v) is 11.6. The first kappa shape index (κ1) is 21.8. The van der Waals surface area contributed by atoms with Crippen LogP contribution in [0.1, 0.15) is 86.0 Å². The van der Waals surface area contributed by atoms with Crippen LogP contribution in [-0.4, -0.2) is 51.5 Å². The van der Waals surface area contributed by atoms with Crippen LogP contribution in [0.3, 0.4) is 0 Å². The fourth-order valence-corrected chi connectivity index (χ4v) is 9.81. The van der Waals surface area contributed by atoms with Crippen molar-refractivity contribution in [2.75, 3.05) is 0 Å². The molecular weight excluding hydrogens is 408 g/mol. The van der Waals surface area contributed by atoms with Crippen molar-refractivity contribution in [3.05, 3.63) is 0 Å². The highest BCUT2D eigenvalue weighted by molar-refractivity contribution is 5.72. The lowest BCUT2D eigenvalue weighted by molar-refractivity contribution is -0.521. The third-order valence-electron chi connectivity index (χ3n) is 11.6. The fourth-order valence-electron chi connectivity index (χ4n) is 9.81. The predicted molar refractivity (Wildman–Crippen MR) is 116 cm³/mol. The van der Waals surface area contributed by atoms with E-state index in [2.05, 4.69) is 20.8 Å². The summed E-state index contributed by atoms with van der Waals surface area (Å²) >= 11 is 0. The summed E-state index contributed by atoms with van der Waals surface area (Å²) in [7, 11) is 0. The molecule has 7 aliphatic rings. The summed E-state index contributed by atoms with van der Waals surface area (Å²) in [5.74, 6) is -0.816. The van der Waals surface area contributed by atoms with Crippen LogP contribution in [0.15, 0.2) is 0 Å². The number of fused-ring (bicyclic) bond motifs is 1. The number of aliphatic hydroxyl groups excluding tert-OH is 1. The highest BCUT2D eigenvalue weighted by Gasteiger charge is 2.89. The molecule has 0 aromatic carbocycles. The molecule has 0 aromatic rings. The number of esters is 1. The normalized spacial score (nSPS) is 60.6. The van der Waals surface area contributed by atoms with Gasteiger partial charge in [0.25, 0.3) is 0 Å². The zero-order valence-corrected chi connectivity index (χ0v) is 20.2. The predicted octanol–water partition coefficient (Wildman–Crippen LogP) is 3.57. The smallest absolute Gasteiger partial charge is 0.309 e. The van der Waals surface area contributed by atoms with Crippen LogP contribution < -0.4 is 0 Å². The molecule has 7 rings (SSSR count). The zero-order valence-electron chi connectivity index (χ0n) is 20.2. The second-order valence-electron chi connectivity index (χ2n) is 12.6. The van der Waals surface area contributed by atoms with Crippen molar-refractivity contribution < 1.29 is 29.2 Å². The largest absolute Gasteiger partial charge is 0.459 e. The third kappa shape index (κ3) is 2.16. The Balaban J connectivity index is 1.51. The lowest BCUT2D eigenvalue weighted by atomic mass is 9.37. The second-order valence-corrected chi connectivity index (χ2v) is 12.6. The van der Waals surface area contributed by atoms with Gasteiger partial charge in [-0.2, -0.15) is 0 Å². The second kappa shape index (κ2) is 6.30. The van der Waals surface area contributed by atoms with Crippen molar-refractivity contribution in [3.63, 3.8) is 0 Å². The Morgan fingerprint density at radius 2 is 1.91 bits per heavy atom. The fraction of sp³-hybridized carbons (Fsp3) is 0.962. The molecule has 0 amide bonds. The van der Waals surface area contributed by atoms with Gasteiger partial charge in [0.2, 0.25) is 0 Å². The number of carbonyl (C=O) groups is 1. The number of hydrogen-bond donors (Lipinski definition) is 2. The first-order valence-corrected chi connectivity index (χ1v) is 13.0. The van der Waals surface area contributed by atoms with Gasteiger partial charge in [-0.1, -0.05) is 27.7 Å². The summed E-state index contributed by atoms with van der Waals surface area (Å²) in [5, 5.41) is 23.0. The van der Waals surface area contributed by atoms with Gasteiger partial charge in [0, 0.05) is 17.3 Å². The molecule has 7 fully saturated rings. The van der Waals surface area contributed by atoms with Gasteiger partial charge >= 0.3 is 5.97 Å². The van der Waals surface area contributed by atoms with Gasteiger partial charge < -0.3 is 24.4 Å². The van der Waals surface area contributed by atoms with E-state index < -0.39 is 28.5 Å². The highest BCUT2D eigenvalue weighted by Crippen LogP contribution is 2.79. The van der Waals surface area contributed by atoms with E-state index in [0.717, 1.165) is 44.9 Å². The SMILES string of the molecule is CCC(C)C(=O)OC1C2OC3(C)OC4(CCC5CC(O)CCC5(C)C24)C2(O)CCC3C12C. The molecule has 2 N–H and O–H groups in total. The molecule has 3 heterocycles. The minimum absolute atomic E-state index is 0.00346. The molecule has 0 aromatic heterocycles. The maximum Gasteiger partial charge on any atom is 0.309 e. The van der Waals surface area contributed by atoms with E-state index in [0.29, 0.717) is 12.3 Å². The number of ether oxygens (including phenoxy) is 3. The lowest BCUT2D eigenvalue weighted by Gasteiger charge is -2.79. The van der Waals surface area contributed by atoms with Crippen molar-refractivity contribution in [1.29, 1.82) is 0 Å². The van der Waals surface area contributed by atoms with E-state index >= 15 is 0 Å². The van der Waals surface area contributed by atoms with Crippen LogP contribution in [0.5, 0.6) is 0 Å². The summed E-state index contributed by atoms with van der Waals surface area (Å²) in [6, 6.07) is 0. The first-order valence-electron chi connectivity index (χ1n) is 13.0. The van der Waals surface area contributed by atoms with Gasteiger partial charge in [-0.15, -0.1) is 0 Å². The van der Waals surface area contributed by atoms with Gasteiger partial charge in [-0.3, -0.25) is 4.79 Å². The van der Waals surface area contributed by atoms with Gasteiger partial charge in [0.05, 0.1) is 12.0 Å². The highest BCUT2D eigenvalue weighted by atomic mass is 16.7. The molecule has 6 nitrogen and oxygen atoms in total. The Morgan fingerprint density at radius 1 is 1.16 bits per heavy atom. The van der Waals surface area contributed by atoms with E-state index in [9.17, 15) is 15.0 Å². The summed E-state index contributed by atoms with van der Waals surface area (Å²) in [4.78, 5) is 13.1. The molecular formula is C26H40O6. The number of hydrogen-bond acceptors (Lipinski definition) is 6. The Bertz CT molecular complexity index is 846. The Kier molecular flexibility index (Phi) is 4.29. The Hall–Kier alpha value is -0.690. The average Bonchev–Trinajstić information content (AvgIpc) is 3.00. The van der Waals surface area contributed by atoms with Crippen LogP contribution in [-0.2, 0) is 19.0 Å². The first-order chi connectivity index (χ1) is 15.0. The molecule has 3 aliphatic heterocycles. The van der Waals surface area contributed by atoms with E-state index in [-0.39, 0.29) is 41.3 Å². The minimum Gasteiger partial charge on any atom is -0.459 e. The van der Waals surface area contributed by atoms with Crippen LogP contribution in [0.25, 0.3) is 0 Å². The molecule has 12 atom stereocenters. The van der Waals surface area contributed by atoms with Gasteiger partial charge in [-0.05, 0) is 69.6 Å². The molecule has 6 bridgehead atoms. The molecule has 0 radical (unpaired) electrons. The minimum atomic E-state index is -1.04. The molecule has 4 saturated carbocycles. The number of rotatable bonds is 3. The van der Waals surface area contributed by atoms with Crippen molar-refractivity contribution >= 4 is 5.97 Å². The lowest BCUT2D eigenvalue weighted by Crippen LogP contribution is -2.90. The van der Waals surface area contributed by atoms with Gasteiger partial charge in [0.15, 0.2) is 5.79 Å². The average molecular weight is 449 g/mol. The molecule has 32 heavy (non-hydrogen) atoms. The van der Waals surface area contributed by atoms with Gasteiger partial charge in [-0.25, -0.2) is 0 Å². The molecule has 180 valence electrons.